The second kappa shape index (κ2) is 4.94. The number of H-pyrrole nitrogens is 1. The lowest BCUT2D eigenvalue weighted by Crippen LogP contribution is -2.46. The number of aromatic amines is 1. The number of nitrogens with one attached hydrogen (secondary N) is 2. The standard InChI is InChI=1S/C16H20N4/c1-3-14(18-16-5-8-17-19-16)4-2-12(1)15-11-20-9-6-13(15)7-10-20/h1-5,8,13,15H,6-7,9-11H2,(H2,17,18,19). The van der Waals surface area contributed by atoms with Gasteiger partial charge < -0.3 is 10.2 Å². The molecular formula is C16H20N4. The van der Waals surface area contributed by atoms with Gasteiger partial charge in [-0.05, 0) is 55.5 Å². The molecule has 2 N–H and O–H groups in total. The number of fused-ring (bicyclic) bond motifs is 3. The van der Waals surface area contributed by atoms with Gasteiger partial charge in [0.25, 0.3) is 0 Å². The molecule has 2 bridgehead atoms. The molecule has 104 valence electrons. The molecule has 0 amide bonds. The third-order valence-electron chi connectivity index (χ3n) is 4.77. The molecule has 4 heterocycles. The molecule has 5 rings (SSSR count). The van der Waals surface area contributed by atoms with Crippen molar-refractivity contribution in [3.63, 3.8) is 0 Å². The average molecular weight is 268 g/mol. The van der Waals surface area contributed by atoms with E-state index in [1.807, 2.05) is 6.07 Å². The van der Waals surface area contributed by atoms with Crippen LogP contribution in [0, 0.1) is 5.92 Å². The zero-order valence-electron chi connectivity index (χ0n) is 11.5. The van der Waals surface area contributed by atoms with Crippen molar-refractivity contribution in [2.45, 2.75) is 18.8 Å². The lowest BCUT2D eigenvalue weighted by molar-refractivity contribution is 0.0871. The van der Waals surface area contributed by atoms with E-state index in [9.17, 15) is 0 Å². The van der Waals surface area contributed by atoms with Crippen molar-refractivity contribution in [1.29, 1.82) is 0 Å². The van der Waals surface area contributed by atoms with Crippen LogP contribution in [-0.2, 0) is 0 Å². The SMILES string of the molecule is c1cc(Nc2ccc(C3CN4CCC3CC4)cc2)[nH]n1. The maximum absolute atomic E-state index is 3.94. The predicted octanol–water partition coefficient (Wildman–Crippen LogP) is 2.96. The zero-order chi connectivity index (χ0) is 13.4. The molecule has 2 aromatic rings. The highest BCUT2D eigenvalue weighted by molar-refractivity contribution is 5.56. The number of piperidine rings is 3. The molecule has 20 heavy (non-hydrogen) atoms. The Hall–Kier alpha value is -1.81. The van der Waals surface area contributed by atoms with E-state index < -0.39 is 0 Å². The Kier molecular flexibility index (Phi) is 2.96. The van der Waals surface area contributed by atoms with Gasteiger partial charge in [-0.1, -0.05) is 12.1 Å². The molecule has 0 saturated carbocycles. The van der Waals surface area contributed by atoms with Crippen molar-refractivity contribution in [1.82, 2.24) is 15.1 Å². The van der Waals surface area contributed by atoms with Gasteiger partial charge in [0.1, 0.15) is 5.82 Å². The van der Waals surface area contributed by atoms with E-state index >= 15 is 0 Å². The first-order valence-corrected chi connectivity index (χ1v) is 7.47. The van der Waals surface area contributed by atoms with Crippen LogP contribution < -0.4 is 5.32 Å². The maximum Gasteiger partial charge on any atom is 0.125 e. The number of rotatable bonds is 3. The van der Waals surface area contributed by atoms with Crippen LogP contribution in [0.2, 0.25) is 0 Å². The van der Waals surface area contributed by atoms with Gasteiger partial charge in [-0.3, -0.25) is 5.10 Å². The first-order valence-electron chi connectivity index (χ1n) is 7.47. The fraction of sp³-hybridized carbons (Fsp3) is 0.438. The summed E-state index contributed by atoms with van der Waals surface area (Å²) >= 11 is 0. The Labute approximate surface area is 119 Å². The molecule has 3 fully saturated rings. The van der Waals surface area contributed by atoms with Crippen molar-refractivity contribution in [3.05, 3.63) is 42.1 Å². The highest BCUT2D eigenvalue weighted by atomic mass is 15.2. The van der Waals surface area contributed by atoms with Crippen LogP contribution in [0.3, 0.4) is 0 Å². The number of benzene rings is 1. The van der Waals surface area contributed by atoms with E-state index in [2.05, 4.69) is 44.7 Å². The van der Waals surface area contributed by atoms with Crippen LogP contribution >= 0.6 is 0 Å². The molecule has 1 aromatic heterocycles. The first kappa shape index (κ1) is 12.0. The predicted molar refractivity (Wildman–Crippen MR) is 80.2 cm³/mol. The molecule has 0 aliphatic carbocycles. The number of anilines is 2. The minimum absolute atomic E-state index is 0.735. The molecule has 1 unspecified atom stereocenters. The summed E-state index contributed by atoms with van der Waals surface area (Å²) in [4.78, 5) is 2.61. The van der Waals surface area contributed by atoms with Crippen LogP contribution in [0.15, 0.2) is 36.5 Å². The Bertz CT molecular complexity index is 553. The minimum Gasteiger partial charge on any atom is -0.341 e. The lowest BCUT2D eigenvalue weighted by atomic mass is 9.75. The largest absolute Gasteiger partial charge is 0.341 e. The Morgan fingerprint density at radius 3 is 2.50 bits per heavy atom. The number of hydrogen-bond acceptors (Lipinski definition) is 3. The van der Waals surface area contributed by atoms with Crippen molar-refractivity contribution < 1.29 is 0 Å². The lowest BCUT2D eigenvalue weighted by Gasteiger charge is -2.45. The topological polar surface area (TPSA) is 44.0 Å². The van der Waals surface area contributed by atoms with Crippen molar-refractivity contribution in [2.24, 2.45) is 5.92 Å². The quantitative estimate of drug-likeness (QED) is 0.899. The van der Waals surface area contributed by atoms with Crippen LogP contribution in [0.4, 0.5) is 11.5 Å². The monoisotopic (exact) mass is 268 g/mol. The van der Waals surface area contributed by atoms with Crippen molar-refractivity contribution >= 4 is 11.5 Å². The summed E-state index contributed by atoms with van der Waals surface area (Å²) in [5.41, 5.74) is 2.61. The number of hydrogen-bond donors (Lipinski definition) is 2. The highest BCUT2D eigenvalue weighted by Gasteiger charge is 2.34. The van der Waals surface area contributed by atoms with Gasteiger partial charge in [-0.25, -0.2) is 0 Å². The Balaban J connectivity index is 1.50. The maximum atomic E-state index is 3.94. The van der Waals surface area contributed by atoms with Crippen molar-refractivity contribution in [3.8, 4) is 0 Å². The fourth-order valence-electron chi connectivity index (χ4n) is 3.64. The molecular weight excluding hydrogens is 248 g/mol. The van der Waals surface area contributed by atoms with Gasteiger partial charge in [-0.2, -0.15) is 5.10 Å². The van der Waals surface area contributed by atoms with Gasteiger partial charge in [0, 0.05) is 18.3 Å². The summed E-state index contributed by atoms with van der Waals surface area (Å²) in [5, 5.41) is 10.2. The van der Waals surface area contributed by atoms with Crippen LogP contribution in [0.1, 0.15) is 24.3 Å². The molecule has 1 atom stereocenters. The summed E-state index contributed by atoms with van der Waals surface area (Å²) in [5.74, 6) is 2.56. The molecule has 1 aromatic carbocycles. The molecule has 4 nitrogen and oxygen atoms in total. The molecule has 3 aliphatic rings. The van der Waals surface area contributed by atoms with E-state index in [1.165, 1.54) is 38.0 Å². The van der Waals surface area contributed by atoms with Gasteiger partial charge in [-0.15, -0.1) is 0 Å². The summed E-state index contributed by atoms with van der Waals surface area (Å²) in [6.07, 6.45) is 4.50. The summed E-state index contributed by atoms with van der Waals surface area (Å²) in [6, 6.07) is 10.8. The summed E-state index contributed by atoms with van der Waals surface area (Å²) in [7, 11) is 0. The summed E-state index contributed by atoms with van der Waals surface area (Å²) < 4.78 is 0. The second-order valence-electron chi connectivity index (χ2n) is 5.96. The van der Waals surface area contributed by atoms with E-state index in [0.717, 1.165) is 23.3 Å². The molecule has 0 radical (unpaired) electrons. The molecule has 0 spiro atoms. The molecule has 3 aliphatic heterocycles. The van der Waals surface area contributed by atoms with Crippen LogP contribution in [0.5, 0.6) is 0 Å². The molecule has 4 heteroatoms. The fourth-order valence-corrected chi connectivity index (χ4v) is 3.64. The number of aromatic nitrogens is 2. The number of nitrogens with zero attached hydrogens (tertiary/aromatic N) is 2. The van der Waals surface area contributed by atoms with Crippen LogP contribution in [-0.4, -0.2) is 34.7 Å². The average Bonchev–Trinajstić information content (AvgIpc) is 3.02. The normalized spacial score (nSPS) is 28.5. The van der Waals surface area contributed by atoms with Gasteiger partial charge in [0.05, 0.1) is 6.20 Å². The third-order valence-corrected chi connectivity index (χ3v) is 4.77. The highest BCUT2D eigenvalue weighted by Crippen LogP contribution is 2.39. The van der Waals surface area contributed by atoms with Gasteiger partial charge in [0.15, 0.2) is 0 Å². The Morgan fingerprint density at radius 1 is 1.10 bits per heavy atom. The Morgan fingerprint density at radius 2 is 1.90 bits per heavy atom. The smallest absolute Gasteiger partial charge is 0.125 e. The van der Waals surface area contributed by atoms with Crippen LogP contribution in [0.25, 0.3) is 0 Å². The summed E-state index contributed by atoms with van der Waals surface area (Å²) in [6.45, 7) is 3.86. The van der Waals surface area contributed by atoms with E-state index in [-0.39, 0.29) is 0 Å². The minimum atomic E-state index is 0.735. The van der Waals surface area contributed by atoms with Gasteiger partial charge in [0.2, 0.25) is 0 Å². The molecule has 3 saturated heterocycles. The third kappa shape index (κ3) is 2.20. The van der Waals surface area contributed by atoms with E-state index in [0.29, 0.717) is 0 Å². The first-order chi connectivity index (χ1) is 9.88. The van der Waals surface area contributed by atoms with Crippen molar-refractivity contribution in [2.75, 3.05) is 25.0 Å². The zero-order valence-corrected chi connectivity index (χ0v) is 11.5. The second-order valence-corrected chi connectivity index (χ2v) is 5.96. The van der Waals surface area contributed by atoms with Gasteiger partial charge >= 0.3 is 0 Å². The van der Waals surface area contributed by atoms with E-state index in [1.54, 1.807) is 6.20 Å². The van der Waals surface area contributed by atoms with E-state index in [4.69, 9.17) is 0 Å².